The third-order valence-corrected chi connectivity index (χ3v) is 5.35. The van der Waals surface area contributed by atoms with Crippen LogP contribution in [0.1, 0.15) is 52.4 Å². The van der Waals surface area contributed by atoms with Gasteiger partial charge < -0.3 is 20.7 Å². The van der Waals surface area contributed by atoms with E-state index in [4.69, 9.17) is 4.74 Å². The van der Waals surface area contributed by atoms with E-state index in [0.29, 0.717) is 6.54 Å². The van der Waals surface area contributed by atoms with Crippen molar-refractivity contribution in [2.24, 2.45) is 4.99 Å². The predicted octanol–water partition coefficient (Wildman–Crippen LogP) is 1.72. The molecule has 2 fully saturated rings. The molecule has 27 heavy (non-hydrogen) atoms. The minimum Gasteiger partial charge on any atom is -0.379 e. The van der Waals surface area contributed by atoms with E-state index in [1.54, 1.807) is 0 Å². The van der Waals surface area contributed by atoms with Crippen LogP contribution in [0.15, 0.2) is 4.99 Å². The lowest BCUT2D eigenvalue weighted by molar-refractivity contribution is -0.119. The lowest BCUT2D eigenvalue weighted by atomic mass is 9.80. The van der Waals surface area contributed by atoms with Gasteiger partial charge in [-0.15, -0.1) is 24.0 Å². The smallest absolute Gasteiger partial charge is 0.241 e. The maximum atomic E-state index is 11.8. The third-order valence-electron chi connectivity index (χ3n) is 5.35. The summed E-state index contributed by atoms with van der Waals surface area (Å²) in [7, 11) is 0. The van der Waals surface area contributed by atoms with E-state index in [2.05, 4.69) is 25.8 Å². The van der Waals surface area contributed by atoms with Gasteiger partial charge in [-0.3, -0.25) is 9.69 Å². The molecule has 1 saturated heterocycles. The van der Waals surface area contributed by atoms with Crippen LogP contribution in [0.5, 0.6) is 0 Å². The number of halogens is 1. The van der Waals surface area contributed by atoms with Gasteiger partial charge in [-0.2, -0.15) is 0 Å². The van der Waals surface area contributed by atoms with Crippen LogP contribution in [0.4, 0.5) is 0 Å². The fourth-order valence-corrected chi connectivity index (χ4v) is 3.91. The number of nitrogens with one attached hydrogen (secondary N) is 3. The summed E-state index contributed by atoms with van der Waals surface area (Å²) in [5.41, 5.74) is 0.183. The van der Waals surface area contributed by atoms with Crippen molar-refractivity contribution in [1.82, 2.24) is 20.9 Å². The summed E-state index contributed by atoms with van der Waals surface area (Å²) in [5.74, 6) is 0.710. The van der Waals surface area contributed by atoms with Crippen molar-refractivity contribution in [2.45, 2.75) is 57.9 Å². The summed E-state index contributed by atoms with van der Waals surface area (Å²) in [4.78, 5) is 18.9. The van der Waals surface area contributed by atoms with Gasteiger partial charge in [0.05, 0.1) is 13.2 Å². The highest BCUT2D eigenvalue weighted by Crippen LogP contribution is 2.33. The van der Waals surface area contributed by atoms with Crippen LogP contribution >= 0.6 is 24.0 Å². The number of nitrogens with zero attached hydrogens (tertiary/aromatic N) is 2. The Morgan fingerprint density at radius 1 is 1.07 bits per heavy atom. The largest absolute Gasteiger partial charge is 0.379 e. The summed E-state index contributed by atoms with van der Waals surface area (Å²) in [6.07, 6.45) is 7.28. The second kappa shape index (κ2) is 13.5. The minimum absolute atomic E-state index is 0. The van der Waals surface area contributed by atoms with Crippen LogP contribution in [-0.2, 0) is 9.53 Å². The number of amides is 1. The highest BCUT2D eigenvalue weighted by atomic mass is 127. The molecule has 1 heterocycles. The van der Waals surface area contributed by atoms with Crippen LogP contribution in [0.2, 0.25) is 0 Å². The highest BCUT2D eigenvalue weighted by molar-refractivity contribution is 14.0. The van der Waals surface area contributed by atoms with Crippen LogP contribution in [-0.4, -0.2) is 74.8 Å². The lowest BCUT2D eigenvalue weighted by Crippen LogP contribution is -2.60. The van der Waals surface area contributed by atoms with Gasteiger partial charge in [-0.05, 0) is 26.2 Å². The molecular formula is C19H38IN5O2. The Labute approximate surface area is 181 Å². The molecule has 3 N–H and O–H groups in total. The van der Waals surface area contributed by atoms with Gasteiger partial charge in [-0.1, -0.05) is 26.2 Å². The summed E-state index contributed by atoms with van der Waals surface area (Å²) in [5, 5.41) is 9.66. The summed E-state index contributed by atoms with van der Waals surface area (Å²) in [6, 6.07) is 0. The zero-order valence-electron chi connectivity index (χ0n) is 17.0. The monoisotopic (exact) mass is 495 g/mol. The molecular weight excluding hydrogens is 457 g/mol. The second-order valence-corrected chi connectivity index (χ2v) is 7.28. The molecule has 0 bridgehead atoms. The minimum atomic E-state index is -0.0235. The van der Waals surface area contributed by atoms with Crippen molar-refractivity contribution in [1.29, 1.82) is 0 Å². The normalized spacial score (nSPS) is 20.4. The van der Waals surface area contributed by atoms with Crippen LogP contribution < -0.4 is 16.0 Å². The zero-order valence-corrected chi connectivity index (χ0v) is 19.3. The molecule has 0 unspecified atom stereocenters. The highest BCUT2D eigenvalue weighted by Gasteiger charge is 2.38. The molecule has 0 aromatic carbocycles. The van der Waals surface area contributed by atoms with Crippen molar-refractivity contribution < 1.29 is 9.53 Å². The second-order valence-electron chi connectivity index (χ2n) is 7.28. The predicted molar refractivity (Wildman–Crippen MR) is 121 cm³/mol. The molecule has 1 aliphatic heterocycles. The van der Waals surface area contributed by atoms with E-state index in [1.165, 1.54) is 32.1 Å². The molecule has 0 aromatic rings. The third kappa shape index (κ3) is 8.11. The summed E-state index contributed by atoms with van der Waals surface area (Å²) in [6.45, 7) is 10.3. The molecule has 2 aliphatic rings. The Morgan fingerprint density at radius 3 is 2.41 bits per heavy atom. The van der Waals surface area contributed by atoms with E-state index in [0.717, 1.165) is 51.8 Å². The molecule has 1 saturated carbocycles. The lowest BCUT2D eigenvalue weighted by Gasteiger charge is -2.48. The Hall–Kier alpha value is -0.610. The van der Waals surface area contributed by atoms with E-state index in [-0.39, 0.29) is 42.0 Å². The van der Waals surface area contributed by atoms with Crippen molar-refractivity contribution in [3.05, 3.63) is 0 Å². The first kappa shape index (κ1) is 24.4. The van der Waals surface area contributed by atoms with Crippen LogP contribution in [0, 0.1) is 0 Å². The number of rotatable bonds is 8. The van der Waals surface area contributed by atoms with Gasteiger partial charge in [0.2, 0.25) is 5.91 Å². The maximum absolute atomic E-state index is 11.8. The number of hydrogen-bond donors (Lipinski definition) is 3. The molecule has 0 atom stereocenters. The molecule has 7 nitrogen and oxygen atoms in total. The fraction of sp³-hybridized carbons (Fsp3) is 0.895. The zero-order chi connectivity index (χ0) is 18.7. The van der Waals surface area contributed by atoms with E-state index >= 15 is 0 Å². The maximum Gasteiger partial charge on any atom is 0.241 e. The Bertz CT molecular complexity index is 449. The van der Waals surface area contributed by atoms with Crippen LogP contribution in [0.25, 0.3) is 0 Å². The van der Waals surface area contributed by atoms with Gasteiger partial charge in [0, 0.05) is 38.3 Å². The molecule has 8 heteroatoms. The molecule has 0 radical (unpaired) electrons. The number of aliphatic imine (C=N–C) groups is 1. The average Bonchev–Trinajstić information content (AvgIpc) is 2.70. The summed E-state index contributed by atoms with van der Waals surface area (Å²) >= 11 is 0. The first-order valence-corrected chi connectivity index (χ1v) is 10.3. The van der Waals surface area contributed by atoms with Gasteiger partial charge in [-0.25, -0.2) is 4.99 Å². The molecule has 158 valence electrons. The van der Waals surface area contributed by atoms with Crippen molar-refractivity contribution in [2.75, 3.05) is 52.5 Å². The number of guanidine groups is 1. The Morgan fingerprint density at radius 2 is 1.78 bits per heavy atom. The number of morpholine rings is 1. The standard InChI is InChI=1S/C19H37N5O2.HI/c1-3-10-21-17(25)15-22-18(20-4-2)23-16-19(8-6-5-7-9-19)24-11-13-26-14-12-24;/h3-16H2,1-2H3,(H,21,25)(H2,20,22,23);1H. The quantitative estimate of drug-likeness (QED) is 0.272. The first-order chi connectivity index (χ1) is 12.7. The van der Waals surface area contributed by atoms with Gasteiger partial charge >= 0.3 is 0 Å². The van der Waals surface area contributed by atoms with Crippen molar-refractivity contribution in [3.8, 4) is 0 Å². The van der Waals surface area contributed by atoms with E-state index in [9.17, 15) is 4.79 Å². The number of carbonyl (C=O) groups excluding carboxylic acids is 1. The summed E-state index contributed by atoms with van der Waals surface area (Å²) < 4.78 is 5.55. The van der Waals surface area contributed by atoms with Gasteiger partial charge in [0.25, 0.3) is 0 Å². The number of ether oxygens (including phenoxy) is 1. The first-order valence-electron chi connectivity index (χ1n) is 10.3. The van der Waals surface area contributed by atoms with E-state index in [1.807, 2.05) is 13.8 Å². The van der Waals surface area contributed by atoms with Gasteiger partial charge in [0.15, 0.2) is 5.96 Å². The molecule has 2 rings (SSSR count). The van der Waals surface area contributed by atoms with Crippen molar-refractivity contribution in [3.63, 3.8) is 0 Å². The van der Waals surface area contributed by atoms with E-state index < -0.39 is 0 Å². The van der Waals surface area contributed by atoms with Gasteiger partial charge in [0.1, 0.15) is 6.54 Å². The molecule has 1 amide bonds. The van der Waals surface area contributed by atoms with Crippen molar-refractivity contribution >= 4 is 35.8 Å². The molecule has 1 aliphatic carbocycles. The number of hydrogen-bond acceptors (Lipinski definition) is 4. The molecule has 0 aromatic heterocycles. The van der Waals surface area contributed by atoms with Crippen LogP contribution in [0.3, 0.4) is 0 Å². The average molecular weight is 495 g/mol. The Kier molecular flexibility index (Phi) is 12.3. The topological polar surface area (TPSA) is 78.0 Å². The Balaban J connectivity index is 0.00000364. The fourth-order valence-electron chi connectivity index (χ4n) is 3.91. The number of carbonyl (C=O) groups is 1. The SMILES string of the molecule is CCCNC(=O)CN=C(NCC)NCC1(N2CCOCC2)CCCCC1.I. The molecule has 0 spiro atoms.